The Balaban J connectivity index is 0.000000494. The van der Waals surface area contributed by atoms with E-state index >= 15 is 0 Å². The number of carbonyl (C=O) groups is 1. The summed E-state index contributed by atoms with van der Waals surface area (Å²) in [6, 6.07) is 10.6. The quantitative estimate of drug-likeness (QED) is 0.644. The first kappa shape index (κ1) is 16.6. The molecule has 18 heavy (non-hydrogen) atoms. The number of hydrogen-bond donors (Lipinski definition) is 1. The summed E-state index contributed by atoms with van der Waals surface area (Å²) in [5.74, 6) is -0.245. The van der Waals surface area contributed by atoms with E-state index in [1.54, 1.807) is 0 Å². The molecule has 1 aromatic rings. The first-order valence-electron chi connectivity index (χ1n) is 6.46. The molecule has 0 fully saturated rings. The van der Waals surface area contributed by atoms with E-state index in [1.165, 1.54) is 38.9 Å². The topological polar surface area (TPSA) is 52.3 Å². The van der Waals surface area contributed by atoms with Gasteiger partial charge in [-0.3, -0.25) is 4.79 Å². The van der Waals surface area contributed by atoms with Crippen molar-refractivity contribution in [3.05, 3.63) is 35.9 Å². The highest BCUT2D eigenvalue weighted by Gasteiger charge is 2.03. The van der Waals surface area contributed by atoms with Gasteiger partial charge in [0.05, 0.1) is 7.11 Å². The zero-order valence-corrected chi connectivity index (χ0v) is 11.7. The second-order valence-corrected chi connectivity index (χ2v) is 4.21. The Kier molecular flexibility index (Phi) is 9.97. The zero-order chi connectivity index (χ0) is 13.8. The third-order valence-corrected chi connectivity index (χ3v) is 2.63. The van der Waals surface area contributed by atoms with Crippen molar-refractivity contribution in [2.24, 2.45) is 5.73 Å². The summed E-state index contributed by atoms with van der Waals surface area (Å²) in [5, 5.41) is 0. The van der Waals surface area contributed by atoms with Gasteiger partial charge in [0, 0.05) is 13.0 Å². The van der Waals surface area contributed by atoms with Crippen molar-refractivity contribution in [1.82, 2.24) is 0 Å². The lowest BCUT2D eigenvalue weighted by atomic mass is 10.0. The molecule has 0 aliphatic carbocycles. The van der Waals surface area contributed by atoms with Gasteiger partial charge >= 0.3 is 5.97 Å². The molecule has 1 unspecified atom stereocenters. The van der Waals surface area contributed by atoms with Crippen LogP contribution < -0.4 is 5.73 Å². The molecule has 3 nitrogen and oxygen atoms in total. The van der Waals surface area contributed by atoms with Gasteiger partial charge in [-0.25, -0.2) is 0 Å². The van der Waals surface area contributed by atoms with Gasteiger partial charge in [0.15, 0.2) is 0 Å². The zero-order valence-electron chi connectivity index (χ0n) is 11.7. The van der Waals surface area contributed by atoms with E-state index in [-0.39, 0.29) is 12.0 Å². The predicted octanol–water partition coefficient (Wildman–Crippen LogP) is 3.45. The minimum atomic E-state index is -0.245. The number of carbonyl (C=O) groups excluding carboxylic acids is 1. The maximum atomic E-state index is 9.59. The van der Waals surface area contributed by atoms with E-state index in [9.17, 15) is 4.79 Å². The van der Waals surface area contributed by atoms with Gasteiger partial charge in [0.1, 0.15) is 0 Å². The molecule has 0 bridgehead atoms. The van der Waals surface area contributed by atoms with Crippen molar-refractivity contribution >= 4 is 5.97 Å². The number of benzene rings is 1. The fraction of sp³-hybridized carbons (Fsp3) is 0.533. The molecule has 0 radical (unpaired) electrons. The lowest BCUT2D eigenvalue weighted by Crippen LogP contribution is -2.09. The fourth-order valence-electron chi connectivity index (χ4n) is 1.48. The van der Waals surface area contributed by atoms with Crippen LogP contribution in [0.3, 0.4) is 0 Å². The normalized spacial score (nSPS) is 11.1. The smallest absolute Gasteiger partial charge is 0.302 e. The van der Waals surface area contributed by atoms with E-state index in [1.807, 2.05) is 6.07 Å². The number of unbranched alkanes of at least 4 members (excludes halogenated alkanes) is 2. The van der Waals surface area contributed by atoms with Gasteiger partial charge in [-0.2, -0.15) is 0 Å². The molecule has 0 saturated carbocycles. The number of ether oxygens (including phenoxy) is 1. The van der Waals surface area contributed by atoms with Gasteiger partial charge < -0.3 is 10.5 Å². The van der Waals surface area contributed by atoms with Gasteiger partial charge in [0.25, 0.3) is 0 Å². The number of nitrogens with two attached hydrogens (primary N) is 1. The number of esters is 1. The van der Waals surface area contributed by atoms with E-state index in [0.29, 0.717) is 0 Å². The molecule has 3 heteroatoms. The second-order valence-electron chi connectivity index (χ2n) is 4.21. The predicted molar refractivity (Wildman–Crippen MR) is 75.2 cm³/mol. The van der Waals surface area contributed by atoms with Crippen LogP contribution in [0.15, 0.2) is 30.3 Å². The average molecular weight is 251 g/mol. The van der Waals surface area contributed by atoms with Crippen LogP contribution in [-0.4, -0.2) is 13.1 Å². The van der Waals surface area contributed by atoms with Crippen molar-refractivity contribution in [2.75, 3.05) is 7.11 Å². The number of hydrogen-bond acceptors (Lipinski definition) is 3. The molecule has 0 spiro atoms. The van der Waals surface area contributed by atoms with Crippen molar-refractivity contribution in [3.63, 3.8) is 0 Å². The molecule has 0 saturated heterocycles. The third kappa shape index (κ3) is 8.76. The minimum absolute atomic E-state index is 0.229. The van der Waals surface area contributed by atoms with Crippen LogP contribution in [-0.2, 0) is 9.53 Å². The maximum absolute atomic E-state index is 9.59. The monoisotopic (exact) mass is 251 g/mol. The third-order valence-electron chi connectivity index (χ3n) is 2.63. The Morgan fingerprint density at radius 2 is 1.83 bits per heavy atom. The first-order chi connectivity index (χ1) is 8.61. The number of methoxy groups -OCH3 is 1. The summed E-state index contributed by atoms with van der Waals surface area (Å²) in [5.41, 5.74) is 7.30. The molecule has 0 heterocycles. The fourth-order valence-corrected chi connectivity index (χ4v) is 1.48. The van der Waals surface area contributed by atoms with Gasteiger partial charge in [0.2, 0.25) is 0 Å². The number of rotatable bonds is 5. The van der Waals surface area contributed by atoms with Crippen LogP contribution in [0.1, 0.15) is 51.1 Å². The molecular formula is C15H25NO2. The Labute approximate surface area is 110 Å². The standard InChI is InChI=1S/C12H19N.C3H6O2/c1-2-3-5-10-12(13)11-8-6-4-7-9-11;1-3(4)5-2/h4,6-9,12H,2-3,5,10,13H2,1H3;1-2H3. The van der Waals surface area contributed by atoms with Crippen molar-refractivity contribution in [3.8, 4) is 0 Å². The molecule has 2 N–H and O–H groups in total. The Bertz CT molecular complexity index is 312. The van der Waals surface area contributed by atoms with Crippen LogP contribution in [0.5, 0.6) is 0 Å². The average Bonchev–Trinajstić information content (AvgIpc) is 2.40. The maximum Gasteiger partial charge on any atom is 0.302 e. The van der Waals surface area contributed by atoms with Gasteiger partial charge in [-0.05, 0) is 12.0 Å². The highest BCUT2D eigenvalue weighted by atomic mass is 16.5. The van der Waals surface area contributed by atoms with Gasteiger partial charge in [-0.1, -0.05) is 56.5 Å². The summed E-state index contributed by atoms with van der Waals surface area (Å²) in [4.78, 5) is 9.59. The lowest BCUT2D eigenvalue weighted by molar-refractivity contribution is -0.137. The first-order valence-corrected chi connectivity index (χ1v) is 6.46. The Morgan fingerprint density at radius 1 is 1.28 bits per heavy atom. The molecule has 0 aliphatic heterocycles. The second kappa shape index (κ2) is 10.8. The van der Waals surface area contributed by atoms with Crippen LogP contribution >= 0.6 is 0 Å². The minimum Gasteiger partial charge on any atom is -0.469 e. The van der Waals surface area contributed by atoms with Crippen LogP contribution in [0.4, 0.5) is 0 Å². The largest absolute Gasteiger partial charge is 0.469 e. The van der Waals surface area contributed by atoms with E-state index in [2.05, 4.69) is 35.9 Å². The molecule has 0 amide bonds. The molecular weight excluding hydrogens is 226 g/mol. The molecule has 1 atom stereocenters. The Hall–Kier alpha value is -1.35. The summed E-state index contributed by atoms with van der Waals surface area (Å²) in [6.07, 6.45) is 4.91. The SMILES string of the molecule is CCCCCC(N)c1ccccc1.COC(C)=O. The summed E-state index contributed by atoms with van der Waals surface area (Å²) >= 11 is 0. The molecule has 0 aromatic heterocycles. The van der Waals surface area contributed by atoms with E-state index in [4.69, 9.17) is 5.73 Å². The summed E-state index contributed by atoms with van der Waals surface area (Å²) < 4.78 is 4.11. The highest BCUT2D eigenvalue weighted by molar-refractivity contribution is 5.65. The van der Waals surface area contributed by atoms with E-state index < -0.39 is 0 Å². The van der Waals surface area contributed by atoms with Crippen LogP contribution in [0.2, 0.25) is 0 Å². The van der Waals surface area contributed by atoms with Crippen molar-refractivity contribution in [1.29, 1.82) is 0 Å². The summed E-state index contributed by atoms with van der Waals surface area (Å²) in [6.45, 7) is 3.58. The van der Waals surface area contributed by atoms with Gasteiger partial charge in [-0.15, -0.1) is 0 Å². The molecule has 0 aliphatic rings. The van der Waals surface area contributed by atoms with Crippen LogP contribution in [0, 0.1) is 0 Å². The highest BCUT2D eigenvalue weighted by Crippen LogP contribution is 2.16. The van der Waals surface area contributed by atoms with E-state index in [0.717, 1.165) is 6.42 Å². The van der Waals surface area contributed by atoms with Crippen LogP contribution in [0.25, 0.3) is 0 Å². The van der Waals surface area contributed by atoms with Crippen molar-refractivity contribution in [2.45, 2.75) is 45.6 Å². The summed E-state index contributed by atoms with van der Waals surface area (Å²) in [7, 11) is 1.35. The Morgan fingerprint density at radius 3 is 2.28 bits per heavy atom. The molecule has 1 rings (SSSR count). The van der Waals surface area contributed by atoms with Crippen molar-refractivity contribution < 1.29 is 9.53 Å². The molecule has 1 aromatic carbocycles. The lowest BCUT2D eigenvalue weighted by Gasteiger charge is -2.10. The molecule has 102 valence electrons.